The molecule has 0 saturated heterocycles. The third-order valence-electron chi connectivity index (χ3n) is 2.72. The molecule has 0 radical (unpaired) electrons. The molecule has 0 aliphatic rings. The number of imidazole rings is 1. The van der Waals surface area contributed by atoms with Crippen LogP contribution in [0.2, 0.25) is 0 Å². The SMILES string of the molecule is COC(=O)c1cnc(C)n1Cc1cccc(C)n1. The molecule has 0 aliphatic heterocycles. The first kappa shape index (κ1) is 12.3. The number of carbonyl (C=O) groups excluding carboxylic acids is 1. The van der Waals surface area contributed by atoms with Gasteiger partial charge in [-0.15, -0.1) is 0 Å². The lowest BCUT2D eigenvalue weighted by Gasteiger charge is -2.08. The number of esters is 1. The Morgan fingerprint density at radius 2 is 2.17 bits per heavy atom. The van der Waals surface area contributed by atoms with Crippen LogP contribution in [0.5, 0.6) is 0 Å². The molecule has 0 N–H and O–H groups in total. The summed E-state index contributed by atoms with van der Waals surface area (Å²) in [6, 6.07) is 5.81. The maximum atomic E-state index is 11.6. The van der Waals surface area contributed by atoms with Crippen molar-refractivity contribution in [3.63, 3.8) is 0 Å². The van der Waals surface area contributed by atoms with Crippen LogP contribution in [0.4, 0.5) is 0 Å². The minimum atomic E-state index is -0.386. The Bertz CT molecular complexity index is 575. The quantitative estimate of drug-likeness (QED) is 0.773. The lowest BCUT2D eigenvalue weighted by molar-refractivity contribution is 0.0588. The van der Waals surface area contributed by atoms with Crippen molar-refractivity contribution in [3.8, 4) is 0 Å². The Morgan fingerprint density at radius 3 is 2.83 bits per heavy atom. The van der Waals surface area contributed by atoms with E-state index in [-0.39, 0.29) is 5.97 Å². The van der Waals surface area contributed by atoms with Gasteiger partial charge in [-0.3, -0.25) is 4.98 Å². The van der Waals surface area contributed by atoms with E-state index >= 15 is 0 Å². The first-order valence-electron chi connectivity index (χ1n) is 5.65. The third kappa shape index (κ3) is 2.40. The van der Waals surface area contributed by atoms with Crippen LogP contribution in [-0.4, -0.2) is 27.6 Å². The molecule has 0 atom stereocenters. The second kappa shape index (κ2) is 5.00. The van der Waals surface area contributed by atoms with E-state index in [1.807, 2.05) is 32.0 Å². The standard InChI is InChI=1S/C13H15N3O2/c1-9-5-4-6-11(15-9)8-16-10(2)14-7-12(16)13(17)18-3/h4-7H,8H2,1-3H3. The largest absolute Gasteiger partial charge is 0.464 e. The van der Waals surface area contributed by atoms with Gasteiger partial charge in [-0.1, -0.05) is 6.07 Å². The summed E-state index contributed by atoms with van der Waals surface area (Å²) in [5.74, 6) is 0.377. The predicted molar refractivity (Wildman–Crippen MR) is 66.4 cm³/mol. The molecule has 2 aromatic heterocycles. The molecule has 5 heteroatoms. The van der Waals surface area contributed by atoms with Crippen molar-refractivity contribution in [2.24, 2.45) is 0 Å². The molecule has 2 rings (SSSR count). The maximum absolute atomic E-state index is 11.6. The van der Waals surface area contributed by atoms with Gasteiger partial charge in [-0.05, 0) is 26.0 Å². The van der Waals surface area contributed by atoms with E-state index in [0.29, 0.717) is 12.2 Å². The van der Waals surface area contributed by atoms with Crippen molar-refractivity contribution >= 4 is 5.97 Å². The Kier molecular flexibility index (Phi) is 3.41. The van der Waals surface area contributed by atoms with Crippen LogP contribution in [0.3, 0.4) is 0 Å². The van der Waals surface area contributed by atoms with E-state index in [1.54, 1.807) is 4.57 Å². The van der Waals surface area contributed by atoms with Gasteiger partial charge in [0, 0.05) is 5.69 Å². The maximum Gasteiger partial charge on any atom is 0.356 e. The van der Waals surface area contributed by atoms with Gasteiger partial charge in [0.1, 0.15) is 11.5 Å². The zero-order chi connectivity index (χ0) is 13.1. The van der Waals surface area contributed by atoms with Crippen molar-refractivity contribution in [2.45, 2.75) is 20.4 Å². The minimum Gasteiger partial charge on any atom is -0.464 e. The van der Waals surface area contributed by atoms with Crippen LogP contribution in [-0.2, 0) is 11.3 Å². The van der Waals surface area contributed by atoms with E-state index in [0.717, 1.165) is 17.2 Å². The van der Waals surface area contributed by atoms with Gasteiger partial charge in [0.15, 0.2) is 0 Å². The molecule has 0 saturated carbocycles. The zero-order valence-electron chi connectivity index (χ0n) is 10.7. The number of methoxy groups -OCH3 is 1. The highest BCUT2D eigenvalue weighted by Gasteiger charge is 2.15. The van der Waals surface area contributed by atoms with E-state index < -0.39 is 0 Å². The number of carbonyl (C=O) groups is 1. The summed E-state index contributed by atoms with van der Waals surface area (Å²) in [6.45, 7) is 4.30. The highest BCUT2D eigenvalue weighted by molar-refractivity contribution is 5.87. The van der Waals surface area contributed by atoms with Gasteiger partial charge in [0.25, 0.3) is 0 Å². The molecule has 18 heavy (non-hydrogen) atoms. The summed E-state index contributed by atoms with van der Waals surface area (Å²) in [4.78, 5) is 20.2. The van der Waals surface area contributed by atoms with E-state index in [4.69, 9.17) is 4.74 Å². The average molecular weight is 245 g/mol. The van der Waals surface area contributed by atoms with Crippen LogP contribution < -0.4 is 0 Å². The number of aromatic nitrogens is 3. The molecule has 0 unspecified atom stereocenters. The molecule has 0 aliphatic carbocycles. The minimum absolute atomic E-state index is 0.386. The number of hydrogen-bond donors (Lipinski definition) is 0. The van der Waals surface area contributed by atoms with Gasteiger partial charge >= 0.3 is 5.97 Å². The summed E-state index contributed by atoms with van der Waals surface area (Å²) in [6.07, 6.45) is 1.52. The fourth-order valence-corrected chi connectivity index (χ4v) is 1.78. The Labute approximate surface area is 105 Å². The second-order valence-corrected chi connectivity index (χ2v) is 4.04. The van der Waals surface area contributed by atoms with E-state index in [1.165, 1.54) is 13.3 Å². The summed E-state index contributed by atoms with van der Waals surface area (Å²) in [7, 11) is 1.36. The third-order valence-corrected chi connectivity index (χ3v) is 2.72. The molecular formula is C13H15N3O2. The number of pyridine rings is 1. The van der Waals surface area contributed by atoms with Crippen LogP contribution in [0.25, 0.3) is 0 Å². The van der Waals surface area contributed by atoms with Gasteiger partial charge in [-0.2, -0.15) is 0 Å². The van der Waals surface area contributed by atoms with Crippen molar-refractivity contribution in [1.29, 1.82) is 0 Å². The van der Waals surface area contributed by atoms with Crippen molar-refractivity contribution in [3.05, 3.63) is 47.3 Å². The smallest absolute Gasteiger partial charge is 0.356 e. The van der Waals surface area contributed by atoms with Crippen LogP contribution in [0, 0.1) is 13.8 Å². The monoisotopic (exact) mass is 245 g/mol. The molecule has 0 amide bonds. The van der Waals surface area contributed by atoms with E-state index in [9.17, 15) is 4.79 Å². The average Bonchev–Trinajstić information content (AvgIpc) is 2.70. The number of ether oxygens (including phenoxy) is 1. The molecule has 0 spiro atoms. The number of rotatable bonds is 3. The molecule has 0 bridgehead atoms. The first-order valence-corrected chi connectivity index (χ1v) is 5.65. The Morgan fingerprint density at radius 1 is 1.39 bits per heavy atom. The lowest BCUT2D eigenvalue weighted by Crippen LogP contribution is -2.13. The predicted octanol–water partition coefficient (Wildman–Crippen LogP) is 1.73. The molecule has 2 heterocycles. The topological polar surface area (TPSA) is 57.0 Å². The normalized spacial score (nSPS) is 10.4. The zero-order valence-corrected chi connectivity index (χ0v) is 10.7. The highest BCUT2D eigenvalue weighted by Crippen LogP contribution is 2.10. The van der Waals surface area contributed by atoms with Crippen molar-refractivity contribution in [2.75, 3.05) is 7.11 Å². The number of nitrogens with zero attached hydrogens (tertiary/aromatic N) is 3. The lowest BCUT2D eigenvalue weighted by atomic mass is 10.3. The van der Waals surface area contributed by atoms with Crippen molar-refractivity contribution in [1.82, 2.24) is 14.5 Å². The van der Waals surface area contributed by atoms with Crippen LogP contribution in [0.1, 0.15) is 27.7 Å². The number of aryl methyl sites for hydroxylation is 2. The molecule has 0 aromatic carbocycles. The molecular weight excluding hydrogens is 230 g/mol. The van der Waals surface area contributed by atoms with E-state index in [2.05, 4.69) is 9.97 Å². The van der Waals surface area contributed by atoms with Gasteiger partial charge in [0.05, 0.1) is 25.5 Å². The molecule has 94 valence electrons. The van der Waals surface area contributed by atoms with Crippen LogP contribution >= 0.6 is 0 Å². The summed E-state index contributed by atoms with van der Waals surface area (Å²) in [5.41, 5.74) is 2.28. The van der Waals surface area contributed by atoms with Gasteiger partial charge in [0.2, 0.25) is 0 Å². The summed E-state index contributed by atoms with van der Waals surface area (Å²) >= 11 is 0. The summed E-state index contributed by atoms with van der Waals surface area (Å²) < 4.78 is 6.53. The van der Waals surface area contributed by atoms with Crippen LogP contribution in [0.15, 0.2) is 24.4 Å². The Hall–Kier alpha value is -2.17. The number of hydrogen-bond acceptors (Lipinski definition) is 4. The highest BCUT2D eigenvalue weighted by atomic mass is 16.5. The fourth-order valence-electron chi connectivity index (χ4n) is 1.78. The molecule has 5 nitrogen and oxygen atoms in total. The molecule has 0 fully saturated rings. The first-order chi connectivity index (χ1) is 8.61. The van der Waals surface area contributed by atoms with Gasteiger partial charge in [-0.25, -0.2) is 9.78 Å². The summed E-state index contributed by atoms with van der Waals surface area (Å²) in [5, 5.41) is 0. The Balaban J connectivity index is 2.34. The fraction of sp³-hybridized carbons (Fsp3) is 0.308. The second-order valence-electron chi connectivity index (χ2n) is 4.04. The molecule has 2 aromatic rings. The van der Waals surface area contributed by atoms with Crippen molar-refractivity contribution < 1.29 is 9.53 Å². The van der Waals surface area contributed by atoms with Gasteiger partial charge < -0.3 is 9.30 Å².